The van der Waals surface area contributed by atoms with E-state index in [1.807, 2.05) is 0 Å². The molecule has 70 valence electrons. The van der Waals surface area contributed by atoms with E-state index < -0.39 is 6.10 Å². The van der Waals surface area contributed by atoms with E-state index in [0.717, 1.165) is 0 Å². The van der Waals surface area contributed by atoms with Gasteiger partial charge in [-0.2, -0.15) is 0 Å². The lowest BCUT2D eigenvalue weighted by Gasteiger charge is -2.11. The van der Waals surface area contributed by atoms with Crippen LogP contribution in [0.3, 0.4) is 0 Å². The maximum atomic E-state index is 11.4. The van der Waals surface area contributed by atoms with Crippen LogP contribution in [-0.4, -0.2) is 15.9 Å². The molecule has 0 spiro atoms. The van der Waals surface area contributed by atoms with Gasteiger partial charge >= 0.3 is 0 Å². The molecule has 0 amide bonds. The third-order valence-corrected chi connectivity index (χ3v) is 1.86. The van der Waals surface area contributed by atoms with E-state index in [2.05, 4.69) is 4.98 Å². The molecule has 1 unspecified atom stereocenters. The van der Waals surface area contributed by atoms with Gasteiger partial charge in [0.05, 0.1) is 0 Å². The molecule has 0 aliphatic rings. The molecule has 0 aliphatic carbocycles. The van der Waals surface area contributed by atoms with E-state index in [1.54, 1.807) is 38.4 Å². The summed E-state index contributed by atoms with van der Waals surface area (Å²) < 4.78 is 0. The van der Waals surface area contributed by atoms with Crippen LogP contribution in [0.2, 0.25) is 0 Å². The van der Waals surface area contributed by atoms with Crippen molar-refractivity contribution in [3.05, 3.63) is 30.1 Å². The van der Waals surface area contributed by atoms with Crippen molar-refractivity contribution >= 4 is 5.78 Å². The fourth-order valence-electron chi connectivity index (χ4n) is 1.03. The number of Topliss-reactive ketones (excluding diaryl/α,β-unsaturated/α-hetero) is 1. The summed E-state index contributed by atoms with van der Waals surface area (Å²) in [4.78, 5) is 15.2. The van der Waals surface area contributed by atoms with Crippen molar-refractivity contribution in [1.29, 1.82) is 0 Å². The third kappa shape index (κ3) is 2.36. The summed E-state index contributed by atoms with van der Waals surface area (Å²) in [6.45, 7) is 3.54. The summed E-state index contributed by atoms with van der Waals surface area (Å²) in [6, 6.07) is 3.29. The van der Waals surface area contributed by atoms with Crippen molar-refractivity contribution in [3.8, 4) is 0 Å². The van der Waals surface area contributed by atoms with E-state index in [-0.39, 0.29) is 11.7 Å². The van der Waals surface area contributed by atoms with Gasteiger partial charge in [0.25, 0.3) is 0 Å². The number of hydrogen-bond acceptors (Lipinski definition) is 3. The molecule has 13 heavy (non-hydrogen) atoms. The zero-order valence-electron chi connectivity index (χ0n) is 7.77. The van der Waals surface area contributed by atoms with Crippen molar-refractivity contribution in [1.82, 2.24) is 4.98 Å². The highest BCUT2D eigenvalue weighted by atomic mass is 16.3. The molecule has 0 radical (unpaired) electrons. The molecule has 0 aliphatic heterocycles. The molecule has 1 rings (SSSR count). The number of aliphatic hydroxyl groups is 1. The Kier molecular flexibility index (Phi) is 3.14. The third-order valence-electron chi connectivity index (χ3n) is 1.86. The zero-order chi connectivity index (χ0) is 9.84. The minimum absolute atomic E-state index is 0.150. The van der Waals surface area contributed by atoms with Crippen LogP contribution in [0.15, 0.2) is 24.5 Å². The average molecular weight is 179 g/mol. The quantitative estimate of drug-likeness (QED) is 0.761. The fraction of sp³-hybridized carbons (Fsp3) is 0.400. The molecule has 1 aromatic rings. The van der Waals surface area contributed by atoms with Crippen LogP contribution in [0, 0.1) is 5.92 Å². The van der Waals surface area contributed by atoms with Crippen LogP contribution in [-0.2, 0) is 4.79 Å². The van der Waals surface area contributed by atoms with Gasteiger partial charge in [-0.05, 0) is 17.7 Å². The maximum absolute atomic E-state index is 11.4. The van der Waals surface area contributed by atoms with Gasteiger partial charge in [0.2, 0.25) is 0 Å². The van der Waals surface area contributed by atoms with Crippen LogP contribution in [0.4, 0.5) is 0 Å². The zero-order valence-corrected chi connectivity index (χ0v) is 7.77. The monoisotopic (exact) mass is 179 g/mol. The molecule has 0 saturated carbocycles. The van der Waals surface area contributed by atoms with Gasteiger partial charge in [0, 0.05) is 18.3 Å². The number of aliphatic hydroxyl groups excluding tert-OH is 1. The lowest BCUT2D eigenvalue weighted by Crippen LogP contribution is -2.17. The van der Waals surface area contributed by atoms with E-state index in [9.17, 15) is 9.90 Å². The minimum Gasteiger partial charge on any atom is -0.381 e. The first-order valence-corrected chi connectivity index (χ1v) is 4.24. The summed E-state index contributed by atoms with van der Waals surface area (Å²) in [5, 5.41) is 9.58. The SMILES string of the molecule is CC(C)C(=O)C(O)c1ccncc1. The Labute approximate surface area is 77.4 Å². The van der Waals surface area contributed by atoms with Crippen molar-refractivity contribution in [3.63, 3.8) is 0 Å². The second kappa shape index (κ2) is 4.14. The molecular formula is C10H13NO2. The summed E-state index contributed by atoms with van der Waals surface area (Å²) in [6.07, 6.45) is 2.11. The number of rotatable bonds is 3. The number of pyridine rings is 1. The van der Waals surface area contributed by atoms with Crippen LogP contribution >= 0.6 is 0 Å². The topological polar surface area (TPSA) is 50.2 Å². The molecule has 3 nitrogen and oxygen atoms in total. The Bertz CT molecular complexity index is 282. The van der Waals surface area contributed by atoms with Crippen LogP contribution in [0.1, 0.15) is 25.5 Å². The smallest absolute Gasteiger partial charge is 0.168 e. The molecule has 0 aromatic carbocycles. The molecule has 1 aromatic heterocycles. The number of carbonyl (C=O) groups is 1. The number of nitrogens with zero attached hydrogens (tertiary/aromatic N) is 1. The molecule has 0 saturated heterocycles. The van der Waals surface area contributed by atoms with Crippen LogP contribution in [0.25, 0.3) is 0 Å². The molecular weight excluding hydrogens is 166 g/mol. The van der Waals surface area contributed by atoms with Gasteiger partial charge < -0.3 is 5.11 Å². The minimum atomic E-state index is -1.01. The van der Waals surface area contributed by atoms with Crippen LogP contribution in [0.5, 0.6) is 0 Å². The van der Waals surface area contributed by atoms with Gasteiger partial charge in [-0.15, -0.1) is 0 Å². The van der Waals surface area contributed by atoms with Gasteiger partial charge in [-0.25, -0.2) is 0 Å². The Balaban J connectivity index is 2.80. The standard InChI is InChI=1S/C10H13NO2/c1-7(2)9(12)10(13)8-3-5-11-6-4-8/h3-7,10,13H,1-2H3. The lowest BCUT2D eigenvalue weighted by molar-refractivity contribution is -0.130. The van der Waals surface area contributed by atoms with Crippen molar-refractivity contribution < 1.29 is 9.90 Å². The predicted octanol–water partition coefficient (Wildman–Crippen LogP) is 1.34. The number of carbonyl (C=O) groups excluding carboxylic acids is 1. The van der Waals surface area contributed by atoms with Gasteiger partial charge in [-0.1, -0.05) is 13.8 Å². The summed E-state index contributed by atoms with van der Waals surface area (Å²) in [5.41, 5.74) is 0.605. The second-order valence-corrected chi connectivity index (χ2v) is 3.24. The number of hydrogen-bond donors (Lipinski definition) is 1. The Morgan fingerprint density at radius 1 is 1.38 bits per heavy atom. The fourth-order valence-corrected chi connectivity index (χ4v) is 1.03. The van der Waals surface area contributed by atoms with Crippen molar-refractivity contribution in [2.75, 3.05) is 0 Å². The molecule has 3 heteroatoms. The Hall–Kier alpha value is -1.22. The van der Waals surface area contributed by atoms with Gasteiger partial charge in [0.1, 0.15) is 6.10 Å². The molecule has 1 N–H and O–H groups in total. The highest BCUT2D eigenvalue weighted by molar-refractivity contribution is 5.85. The first-order chi connectivity index (χ1) is 6.13. The van der Waals surface area contributed by atoms with E-state index in [4.69, 9.17) is 0 Å². The Morgan fingerprint density at radius 2 is 1.92 bits per heavy atom. The van der Waals surface area contributed by atoms with Gasteiger partial charge in [-0.3, -0.25) is 9.78 Å². The molecule has 0 fully saturated rings. The number of aromatic nitrogens is 1. The summed E-state index contributed by atoms with van der Waals surface area (Å²) >= 11 is 0. The maximum Gasteiger partial charge on any atom is 0.168 e. The predicted molar refractivity (Wildman–Crippen MR) is 49.0 cm³/mol. The van der Waals surface area contributed by atoms with Crippen molar-refractivity contribution in [2.45, 2.75) is 20.0 Å². The summed E-state index contributed by atoms with van der Waals surface area (Å²) in [7, 11) is 0. The first kappa shape index (κ1) is 9.86. The first-order valence-electron chi connectivity index (χ1n) is 4.24. The molecule has 0 bridgehead atoms. The molecule has 1 atom stereocenters. The van der Waals surface area contributed by atoms with Crippen LogP contribution < -0.4 is 0 Å². The lowest BCUT2D eigenvalue weighted by atomic mass is 9.99. The van der Waals surface area contributed by atoms with E-state index in [0.29, 0.717) is 5.56 Å². The number of ketones is 1. The van der Waals surface area contributed by atoms with Crippen molar-refractivity contribution in [2.24, 2.45) is 5.92 Å². The normalized spacial score (nSPS) is 12.9. The van der Waals surface area contributed by atoms with E-state index in [1.165, 1.54) is 0 Å². The second-order valence-electron chi connectivity index (χ2n) is 3.24. The molecule has 1 heterocycles. The highest BCUT2D eigenvalue weighted by Gasteiger charge is 2.19. The Morgan fingerprint density at radius 3 is 2.38 bits per heavy atom. The average Bonchev–Trinajstić information content (AvgIpc) is 2.17. The highest BCUT2D eigenvalue weighted by Crippen LogP contribution is 2.16. The summed E-state index contributed by atoms with van der Waals surface area (Å²) in [5.74, 6) is -0.311. The van der Waals surface area contributed by atoms with E-state index >= 15 is 0 Å². The van der Waals surface area contributed by atoms with Gasteiger partial charge in [0.15, 0.2) is 5.78 Å². The largest absolute Gasteiger partial charge is 0.381 e.